The molecular weight excluding hydrogens is 314 g/mol. The number of hydrogen-bond acceptors (Lipinski definition) is 3. The maximum absolute atomic E-state index is 12.8. The summed E-state index contributed by atoms with van der Waals surface area (Å²) >= 11 is 0. The summed E-state index contributed by atoms with van der Waals surface area (Å²) in [6.07, 6.45) is 4.24. The Morgan fingerprint density at radius 1 is 1.32 bits per heavy atom. The Bertz CT molecular complexity index is 771. The lowest BCUT2D eigenvalue weighted by atomic mass is 9.87. The molecule has 136 valence electrons. The number of hydrogen-bond donors (Lipinski definition) is 0. The minimum atomic E-state index is 0.0599. The molecule has 0 saturated carbocycles. The van der Waals surface area contributed by atoms with E-state index >= 15 is 0 Å². The molecule has 3 rings (SSSR count). The van der Waals surface area contributed by atoms with Crippen molar-refractivity contribution in [2.45, 2.75) is 60.0 Å². The molecular formula is C19H29N5O. The van der Waals surface area contributed by atoms with Crippen LogP contribution >= 0.6 is 0 Å². The first kappa shape index (κ1) is 17.7. The summed E-state index contributed by atoms with van der Waals surface area (Å²) in [4.78, 5) is 14.8. The summed E-state index contributed by atoms with van der Waals surface area (Å²) in [6, 6.07) is 2.07. The van der Waals surface area contributed by atoms with Crippen LogP contribution in [-0.2, 0) is 31.4 Å². The second kappa shape index (κ2) is 6.65. The topological polar surface area (TPSA) is 56.0 Å². The molecule has 3 heterocycles. The molecule has 0 aromatic carbocycles. The van der Waals surface area contributed by atoms with E-state index in [1.54, 1.807) is 0 Å². The van der Waals surface area contributed by atoms with Gasteiger partial charge in [-0.05, 0) is 38.2 Å². The van der Waals surface area contributed by atoms with Gasteiger partial charge in [-0.15, -0.1) is 0 Å². The maximum atomic E-state index is 12.8. The van der Waals surface area contributed by atoms with Crippen LogP contribution in [0.1, 0.15) is 49.3 Å². The van der Waals surface area contributed by atoms with Gasteiger partial charge in [0, 0.05) is 50.1 Å². The van der Waals surface area contributed by atoms with Gasteiger partial charge in [-0.3, -0.25) is 14.2 Å². The second-order valence-electron chi connectivity index (χ2n) is 8.08. The van der Waals surface area contributed by atoms with Crippen molar-refractivity contribution < 1.29 is 4.79 Å². The molecule has 1 aliphatic heterocycles. The van der Waals surface area contributed by atoms with E-state index in [4.69, 9.17) is 0 Å². The number of aromatic nitrogens is 4. The fourth-order valence-corrected chi connectivity index (χ4v) is 3.77. The first-order valence-electron chi connectivity index (χ1n) is 9.04. The van der Waals surface area contributed by atoms with Crippen molar-refractivity contribution in [2.75, 3.05) is 6.54 Å². The third-order valence-electron chi connectivity index (χ3n) is 4.99. The van der Waals surface area contributed by atoms with Gasteiger partial charge in [0.15, 0.2) is 0 Å². The van der Waals surface area contributed by atoms with Crippen LogP contribution in [0.5, 0.6) is 0 Å². The minimum Gasteiger partial charge on any atom is -0.338 e. The lowest BCUT2D eigenvalue weighted by Crippen LogP contribution is -2.37. The van der Waals surface area contributed by atoms with E-state index in [0.717, 1.165) is 37.3 Å². The van der Waals surface area contributed by atoms with Gasteiger partial charge in [0.25, 0.3) is 0 Å². The molecule has 0 saturated heterocycles. The lowest BCUT2D eigenvalue weighted by molar-refractivity contribution is -0.133. The zero-order chi connectivity index (χ0) is 18.2. The third-order valence-corrected chi connectivity index (χ3v) is 4.99. The molecule has 0 fully saturated rings. The smallest absolute Gasteiger partial charge is 0.222 e. The predicted molar refractivity (Wildman–Crippen MR) is 97.0 cm³/mol. The molecule has 25 heavy (non-hydrogen) atoms. The van der Waals surface area contributed by atoms with E-state index in [2.05, 4.69) is 37.0 Å². The van der Waals surface area contributed by atoms with E-state index in [0.29, 0.717) is 13.0 Å². The van der Waals surface area contributed by atoms with E-state index < -0.39 is 0 Å². The van der Waals surface area contributed by atoms with Crippen molar-refractivity contribution >= 4 is 5.91 Å². The molecule has 0 aliphatic carbocycles. The molecule has 2 aromatic rings. The molecule has 0 N–H and O–H groups in total. The van der Waals surface area contributed by atoms with Gasteiger partial charge in [0.1, 0.15) is 0 Å². The average molecular weight is 343 g/mol. The molecule has 0 unspecified atom stereocenters. The summed E-state index contributed by atoms with van der Waals surface area (Å²) in [5.74, 6) is 0.228. The van der Waals surface area contributed by atoms with Gasteiger partial charge in [0.05, 0.1) is 11.9 Å². The molecule has 6 heteroatoms. The number of carbonyl (C=O) groups is 1. The average Bonchev–Trinajstić information content (AvgIpc) is 2.96. The van der Waals surface area contributed by atoms with Crippen molar-refractivity contribution in [1.29, 1.82) is 0 Å². The monoisotopic (exact) mass is 343 g/mol. The van der Waals surface area contributed by atoms with Gasteiger partial charge in [-0.2, -0.15) is 10.2 Å². The Labute approximate surface area is 149 Å². The molecule has 0 spiro atoms. The van der Waals surface area contributed by atoms with E-state index in [-0.39, 0.29) is 11.3 Å². The highest BCUT2D eigenvalue weighted by Crippen LogP contribution is 2.30. The molecule has 0 radical (unpaired) electrons. The van der Waals surface area contributed by atoms with E-state index in [9.17, 15) is 4.79 Å². The van der Waals surface area contributed by atoms with Gasteiger partial charge < -0.3 is 4.90 Å². The fraction of sp³-hybridized carbons (Fsp3) is 0.632. The number of aryl methyl sites for hydroxylation is 4. The molecule has 1 aliphatic rings. The first-order chi connectivity index (χ1) is 11.7. The van der Waals surface area contributed by atoms with E-state index in [1.165, 1.54) is 11.3 Å². The zero-order valence-corrected chi connectivity index (χ0v) is 16.0. The highest BCUT2D eigenvalue weighted by Gasteiger charge is 2.31. The standard InChI is InChI=1S/C19H29N5O/c1-14-9-15(2)24(21-14)8-6-7-18(25)23-12-16-11-20-22(5)17(16)10-19(3,4)13-23/h9,11H,6-8,10,12-13H2,1-5H3. The number of amides is 1. The van der Waals surface area contributed by atoms with Crippen LogP contribution in [-0.4, -0.2) is 36.9 Å². The summed E-state index contributed by atoms with van der Waals surface area (Å²) in [5.41, 5.74) is 4.68. The largest absolute Gasteiger partial charge is 0.338 e. The van der Waals surface area contributed by atoms with Gasteiger partial charge >= 0.3 is 0 Å². The summed E-state index contributed by atoms with van der Waals surface area (Å²) in [5, 5.41) is 8.85. The van der Waals surface area contributed by atoms with Gasteiger partial charge in [0.2, 0.25) is 5.91 Å². The van der Waals surface area contributed by atoms with Gasteiger partial charge in [-0.25, -0.2) is 0 Å². The van der Waals surface area contributed by atoms with E-state index in [1.807, 2.05) is 34.4 Å². The Hall–Kier alpha value is -2.11. The summed E-state index contributed by atoms with van der Waals surface area (Å²) in [6.45, 7) is 10.8. The van der Waals surface area contributed by atoms with Crippen LogP contribution in [0.4, 0.5) is 0 Å². The van der Waals surface area contributed by atoms with Crippen LogP contribution in [0.3, 0.4) is 0 Å². The fourth-order valence-electron chi connectivity index (χ4n) is 3.77. The van der Waals surface area contributed by atoms with Crippen molar-refractivity contribution in [1.82, 2.24) is 24.5 Å². The molecule has 0 atom stereocenters. The van der Waals surface area contributed by atoms with Crippen LogP contribution in [0.15, 0.2) is 12.3 Å². The molecule has 2 aromatic heterocycles. The Morgan fingerprint density at radius 3 is 2.76 bits per heavy atom. The second-order valence-corrected chi connectivity index (χ2v) is 8.08. The minimum absolute atomic E-state index is 0.0599. The van der Waals surface area contributed by atoms with Crippen LogP contribution in [0.2, 0.25) is 0 Å². The SMILES string of the molecule is Cc1cc(C)n(CCCC(=O)N2Cc3cnn(C)c3CC(C)(C)C2)n1. The van der Waals surface area contributed by atoms with Crippen molar-refractivity contribution in [3.63, 3.8) is 0 Å². The number of nitrogens with zero attached hydrogens (tertiary/aromatic N) is 5. The normalized spacial score (nSPS) is 16.6. The number of rotatable bonds is 4. The van der Waals surface area contributed by atoms with Crippen LogP contribution in [0.25, 0.3) is 0 Å². The Kier molecular flexibility index (Phi) is 4.71. The summed E-state index contributed by atoms with van der Waals surface area (Å²) < 4.78 is 3.95. The van der Waals surface area contributed by atoms with Crippen molar-refractivity contribution in [3.8, 4) is 0 Å². The lowest BCUT2D eigenvalue weighted by Gasteiger charge is -2.29. The predicted octanol–water partition coefficient (Wildman–Crippen LogP) is 2.62. The third kappa shape index (κ3) is 3.94. The zero-order valence-electron chi connectivity index (χ0n) is 16.0. The number of carbonyl (C=O) groups excluding carboxylic acids is 1. The highest BCUT2D eigenvalue weighted by atomic mass is 16.2. The van der Waals surface area contributed by atoms with Crippen LogP contribution in [0, 0.1) is 19.3 Å². The molecule has 1 amide bonds. The van der Waals surface area contributed by atoms with Crippen LogP contribution < -0.4 is 0 Å². The van der Waals surface area contributed by atoms with Crippen molar-refractivity contribution in [3.05, 3.63) is 34.9 Å². The highest BCUT2D eigenvalue weighted by molar-refractivity contribution is 5.76. The maximum Gasteiger partial charge on any atom is 0.222 e. The van der Waals surface area contributed by atoms with Gasteiger partial charge in [-0.1, -0.05) is 13.8 Å². The molecule has 6 nitrogen and oxygen atoms in total. The Balaban J connectivity index is 1.64. The van der Waals surface area contributed by atoms with Crippen molar-refractivity contribution in [2.24, 2.45) is 12.5 Å². The first-order valence-corrected chi connectivity index (χ1v) is 9.04. The Morgan fingerprint density at radius 2 is 2.08 bits per heavy atom. The quantitative estimate of drug-likeness (QED) is 0.857. The number of fused-ring (bicyclic) bond motifs is 1. The molecule has 0 bridgehead atoms. The summed E-state index contributed by atoms with van der Waals surface area (Å²) in [7, 11) is 1.99.